The molecule has 7 nitrogen and oxygen atoms in total. The fourth-order valence-corrected chi connectivity index (χ4v) is 1.17. The molecule has 0 spiro atoms. The molecular formula is C9H17O7P. The van der Waals surface area contributed by atoms with Crippen molar-refractivity contribution in [1.82, 2.24) is 0 Å². The summed E-state index contributed by atoms with van der Waals surface area (Å²) in [6.07, 6.45) is -0.318. The summed E-state index contributed by atoms with van der Waals surface area (Å²) >= 11 is 0. The maximum absolute atomic E-state index is 10.9. The van der Waals surface area contributed by atoms with Crippen LogP contribution in [0.2, 0.25) is 0 Å². The van der Waals surface area contributed by atoms with Crippen LogP contribution in [0.4, 0.5) is 0 Å². The smallest absolute Gasteiger partial charge is 0.335 e. The molecule has 0 saturated heterocycles. The third-order valence-electron chi connectivity index (χ3n) is 1.65. The van der Waals surface area contributed by atoms with Crippen LogP contribution in [-0.4, -0.2) is 55.5 Å². The van der Waals surface area contributed by atoms with Gasteiger partial charge in [0.2, 0.25) is 0 Å². The number of ether oxygens (including phenoxy) is 3. The van der Waals surface area contributed by atoms with Gasteiger partial charge in [-0.05, 0) is 0 Å². The second kappa shape index (κ2) is 8.38. The van der Waals surface area contributed by atoms with Crippen molar-refractivity contribution in [3.05, 3.63) is 12.2 Å². The molecule has 17 heavy (non-hydrogen) atoms. The molecule has 0 atom stereocenters. The highest BCUT2D eigenvalue weighted by atomic mass is 31.2. The van der Waals surface area contributed by atoms with Crippen LogP contribution in [0.1, 0.15) is 0 Å². The standard InChI is InChI=1S/C9H17O7P/c1-8(9(10)14-2)7-16-4-3-15-5-6-17(11,12)13/h1,3-7H2,2H3,(H2,11,12,13). The van der Waals surface area contributed by atoms with E-state index in [1.165, 1.54) is 7.11 Å². The molecule has 0 aliphatic heterocycles. The van der Waals surface area contributed by atoms with Crippen LogP contribution in [-0.2, 0) is 23.6 Å². The third kappa shape index (κ3) is 10.2. The molecule has 100 valence electrons. The summed E-state index contributed by atoms with van der Waals surface area (Å²) in [5, 5.41) is 0. The SMILES string of the molecule is C=C(COCCOCCP(=O)(O)O)C(=O)OC. The highest BCUT2D eigenvalue weighted by Crippen LogP contribution is 2.33. The molecule has 0 aliphatic rings. The molecule has 2 N–H and O–H groups in total. The molecule has 0 unspecified atom stereocenters. The number of esters is 1. The van der Waals surface area contributed by atoms with E-state index in [1.807, 2.05) is 0 Å². The number of carbonyl (C=O) groups excluding carboxylic acids is 1. The van der Waals surface area contributed by atoms with Gasteiger partial charge in [0.1, 0.15) is 0 Å². The highest BCUT2D eigenvalue weighted by Gasteiger charge is 2.11. The van der Waals surface area contributed by atoms with Crippen molar-refractivity contribution in [2.24, 2.45) is 0 Å². The van der Waals surface area contributed by atoms with Gasteiger partial charge in [0, 0.05) is 0 Å². The topological polar surface area (TPSA) is 102 Å². The van der Waals surface area contributed by atoms with Gasteiger partial charge in [-0.25, -0.2) is 4.79 Å². The zero-order valence-corrected chi connectivity index (χ0v) is 10.5. The Kier molecular flexibility index (Phi) is 8.03. The van der Waals surface area contributed by atoms with Crippen molar-refractivity contribution in [3.63, 3.8) is 0 Å². The third-order valence-corrected chi connectivity index (χ3v) is 2.41. The van der Waals surface area contributed by atoms with Crippen LogP contribution in [0, 0.1) is 0 Å². The van der Waals surface area contributed by atoms with E-state index in [-0.39, 0.29) is 38.2 Å². The first-order chi connectivity index (χ1) is 7.87. The Morgan fingerprint density at radius 2 is 1.82 bits per heavy atom. The monoisotopic (exact) mass is 268 g/mol. The van der Waals surface area contributed by atoms with Gasteiger partial charge in [0.05, 0.1) is 45.3 Å². The van der Waals surface area contributed by atoms with E-state index in [1.54, 1.807) is 0 Å². The fourth-order valence-electron chi connectivity index (χ4n) is 0.802. The average molecular weight is 268 g/mol. The second-order valence-electron chi connectivity index (χ2n) is 3.15. The number of methoxy groups -OCH3 is 1. The van der Waals surface area contributed by atoms with Gasteiger partial charge < -0.3 is 24.0 Å². The van der Waals surface area contributed by atoms with Gasteiger partial charge in [-0.15, -0.1) is 0 Å². The normalized spacial score (nSPS) is 11.2. The molecule has 0 amide bonds. The summed E-state index contributed by atoms with van der Waals surface area (Å²) < 4.78 is 24.8. The molecule has 0 radical (unpaired) electrons. The molecule has 0 saturated carbocycles. The Morgan fingerprint density at radius 3 is 2.35 bits per heavy atom. The van der Waals surface area contributed by atoms with Crippen molar-refractivity contribution in [3.8, 4) is 0 Å². The largest absolute Gasteiger partial charge is 0.466 e. The van der Waals surface area contributed by atoms with Gasteiger partial charge in [-0.2, -0.15) is 0 Å². The van der Waals surface area contributed by atoms with E-state index >= 15 is 0 Å². The molecule has 0 heterocycles. The summed E-state index contributed by atoms with van der Waals surface area (Å²) in [6.45, 7) is 3.84. The summed E-state index contributed by atoms with van der Waals surface area (Å²) in [7, 11) is -2.75. The van der Waals surface area contributed by atoms with Crippen LogP contribution in [0.15, 0.2) is 12.2 Å². The van der Waals surface area contributed by atoms with E-state index in [4.69, 9.17) is 19.3 Å². The minimum absolute atomic E-state index is 0.0361. The van der Waals surface area contributed by atoms with Gasteiger partial charge in [-0.3, -0.25) is 4.57 Å². The Hall–Kier alpha value is -0.720. The molecule has 0 aromatic heterocycles. The van der Waals surface area contributed by atoms with E-state index in [9.17, 15) is 9.36 Å². The lowest BCUT2D eigenvalue weighted by molar-refractivity contribution is -0.136. The molecule has 0 aliphatic carbocycles. The first-order valence-electron chi connectivity index (χ1n) is 4.83. The first kappa shape index (κ1) is 16.3. The number of carbonyl (C=O) groups is 1. The summed E-state index contributed by atoms with van der Waals surface area (Å²) in [4.78, 5) is 27.9. The number of rotatable bonds is 9. The van der Waals surface area contributed by atoms with Crippen LogP contribution in [0.3, 0.4) is 0 Å². The first-order valence-corrected chi connectivity index (χ1v) is 6.62. The van der Waals surface area contributed by atoms with E-state index in [0.717, 1.165) is 0 Å². The fraction of sp³-hybridized carbons (Fsp3) is 0.667. The maximum Gasteiger partial charge on any atom is 0.335 e. The van der Waals surface area contributed by atoms with Gasteiger partial charge in [0.25, 0.3) is 0 Å². The van der Waals surface area contributed by atoms with Crippen molar-refractivity contribution in [2.45, 2.75) is 0 Å². The number of hydrogen-bond donors (Lipinski definition) is 2. The van der Waals surface area contributed by atoms with Gasteiger partial charge in [-0.1, -0.05) is 6.58 Å². The second-order valence-corrected chi connectivity index (χ2v) is 4.92. The molecular weight excluding hydrogens is 251 g/mol. The lowest BCUT2D eigenvalue weighted by atomic mass is 10.3. The van der Waals surface area contributed by atoms with Gasteiger partial charge in [0.15, 0.2) is 0 Å². The predicted molar refractivity (Wildman–Crippen MR) is 59.7 cm³/mol. The van der Waals surface area contributed by atoms with E-state index in [2.05, 4.69) is 11.3 Å². The van der Waals surface area contributed by atoms with Gasteiger partial charge >= 0.3 is 13.6 Å². The summed E-state index contributed by atoms with van der Waals surface area (Å²) in [5.74, 6) is -0.535. The molecule has 0 aromatic rings. The Balaban J connectivity index is 3.39. The Bertz CT molecular complexity index is 296. The summed E-state index contributed by atoms with van der Waals surface area (Å²) in [6, 6.07) is 0. The summed E-state index contributed by atoms with van der Waals surface area (Å²) in [5.41, 5.74) is 0.197. The maximum atomic E-state index is 10.9. The van der Waals surface area contributed by atoms with Crippen molar-refractivity contribution >= 4 is 13.6 Å². The molecule has 0 bridgehead atoms. The van der Waals surface area contributed by atoms with E-state index < -0.39 is 13.6 Å². The van der Waals surface area contributed by atoms with Crippen LogP contribution < -0.4 is 0 Å². The Morgan fingerprint density at radius 1 is 1.24 bits per heavy atom. The lowest BCUT2D eigenvalue weighted by Crippen LogP contribution is -2.13. The van der Waals surface area contributed by atoms with Crippen molar-refractivity contribution in [2.75, 3.05) is 39.7 Å². The quantitative estimate of drug-likeness (QED) is 0.261. The lowest BCUT2D eigenvalue weighted by Gasteiger charge is -2.07. The average Bonchev–Trinajstić information content (AvgIpc) is 2.24. The Labute approximate surface area is 99.5 Å². The predicted octanol–water partition coefficient (Wildman–Crippen LogP) is -0.0735. The molecule has 0 fully saturated rings. The molecule has 8 heteroatoms. The minimum Gasteiger partial charge on any atom is -0.466 e. The van der Waals surface area contributed by atoms with Crippen molar-refractivity contribution < 1.29 is 33.4 Å². The zero-order valence-electron chi connectivity index (χ0n) is 9.63. The molecule has 0 rings (SSSR count). The van der Waals surface area contributed by atoms with Crippen LogP contribution >= 0.6 is 7.60 Å². The van der Waals surface area contributed by atoms with E-state index in [0.29, 0.717) is 0 Å². The van der Waals surface area contributed by atoms with Crippen LogP contribution in [0.25, 0.3) is 0 Å². The molecule has 0 aromatic carbocycles. The van der Waals surface area contributed by atoms with Crippen molar-refractivity contribution in [1.29, 1.82) is 0 Å². The zero-order chi connectivity index (χ0) is 13.3. The number of hydrogen-bond acceptors (Lipinski definition) is 5. The minimum atomic E-state index is -4.00. The highest BCUT2D eigenvalue weighted by molar-refractivity contribution is 7.51. The van der Waals surface area contributed by atoms with Crippen LogP contribution in [0.5, 0.6) is 0 Å².